The van der Waals surface area contributed by atoms with Gasteiger partial charge in [0.05, 0.1) is 4.87 Å². The SMILES string of the molecule is CC(N)C1CCCN(C(=O)C2CSC3(C)CCC(=O)N23)C1. The second kappa shape index (κ2) is 5.47. The monoisotopic (exact) mass is 311 g/mol. The van der Waals surface area contributed by atoms with Gasteiger partial charge in [0.25, 0.3) is 0 Å². The van der Waals surface area contributed by atoms with Crippen LogP contribution in [0.2, 0.25) is 0 Å². The number of piperidine rings is 1. The van der Waals surface area contributed by atoms with E-state index in [1.54, 1.807) is 11.8 Å². The lowest BCUT2D eigenvalue weighted by molar-refractivity contribution is -0.145. The summed E-state index contributed by atoms with van der Waals surface area (Å²) in [5, 5.41) is 0. The van der Waals surface area contributed by atoms with Crippen LogP contribution in [0.5, 0.6) is 0 Å². The summed E-state index contributed by atoms with van der Waals surface area (Å²) in [5.74, 6) is 1.39. The van der Waals surface area contributed by atoms with E-state index < -0.39 is 0 Å². The Morgan fingerprint density at radius 3 is 3.00 bits per heavy atom. The molecule has 0 aromatic heterocycles. The van der Waals surface area contributed by atoms with Crippen molar-refractivity contribution in [3.8, 4) is 0 Å². The Balaban J connectivity index is 1.72. The fourth-order valence-electron chi connectivity index (χ4n) is 3.85. The third-order valence-electron chi connectivity index (χ3n) is 5.24. The predicted octanol–water partition coefficient (Wildman–Crippen LogP) is 1.03. The molecular formula is C15H25N3O2S. The van der Waals surface area contributed by atoms with Gasteiger partial charge in [0.2, 0.25) is 11.8 Å². The van der Waals surface area contributed by atoms with Gasteiger partial charge < -0.3 is 15.5 Å². The van der Waals surface area contributed by atoms with Crippen LogP contribution in [-0.2, 0) is 9.59 Å². The van der Waals surface area contributed by atoms with Crippen molar-refractivity contribution in [3.05, 3.63) is 0 Å². The van der Waals surface area contributed by atoms with E-state index in [-0.39, 0.29) is 28.8 Å². The summed E-state index contributed by atoms with van der Waals surface area (Å²) in [5.41, 5.74) is 6.00. The van der Waals surface area contributed by atoms with E-state index in [0.717, 1.165) is 38.1 Å². The first-order valence-electron chi connectivity index (χ1n) is 7.93. The number of nitrogens with two attached hydrogens (primary N) is 1. The summed E-state index contributed by atoms with van der Waals surface area (Å²) in [7, 11) is 0. The van der Waals surface area contributed by atoms with E-state index in [2.05, 4.69) is 6.92 Å². The summed E-state index contributed by atoms with van der Waals surface area (Å²) in [4.78, 5) is 28.7. The molecule has 5 nitrogen and oxygen atoms in total. The van der Waals surface area contributed by atoms with Gasteiger partial charge in [0, 0.05) is 31.3 Å². The van der Waals surface area contributed by atoms with Crippen molar-refractivity contribution in [2.24, 2.45) is 11.7 Å². The second-order valence-electron chi connectivity index (χ2n) is 6.81. The molecule has 2 N–H and O–H groups in total. The molecule has 0 saturated carbocycles. The Morgan fingerprint density at radius 2 is 2.29 bits per heavy atom. The smallest absolute Gasteiger partial charge is 0.246 e. The van der Waals surface area contributed by atoms with E-state index in [9.17, 15) is 9.59 Å². The quantitative estimate of drug-likeness (QED) is 0.827. The van der Waals surface area contributed by atoms with Gasteiger partial charge in [0.1, 0.15) is 6.04 Å². The molecule has 3 fully saturated rings. The molecule has 6 heteroatoms. The third kappa shape index (κ3) is 2.57. The summed E-state index contributed by atoms with van der Waals surface area (Å²) in [6, 6.07) is -0.140. The fourth-order valence-corrected chi connectivity index (χ4v) is 5.28. The molecule has 4 atom stereocenters. The minimum absolute atomic E-state index is 0.122. The molecule has 0 aromatic rings. The molecule has 3 saturated heterocycles. The van der Waals surface area contributed by atoms with Crippen LogP contribution in [0.15, 0.2) is 0 Å². The zero-order valence-electron chi connectivity index (χ0n) is 12.9. The van der Waals surface area contributed by atoms with Gasteiger partial charge in [0.15, 0.2) is 0 Å². The first-order valence-corrected chi connectivity index (χ1v) is 8.91. The van der Waals surface area contributed by atoms with E-state index >= 15 is 0 Å². The van der Waals surface area contributed by atoms with Crippen LogP contribution in [0, 0.1) is 5.92 Å². The van der Waals surface area contributed by atoms with Crippen molar-refractivity contribution in [2.45, 2.75) is 56.5 Å². The molecule has 0 aromatic carbocycles. The number of hydrogen-bond acceptors (Lipinski definition) is 4. The van der Waals surface area contributed by atoms with Gasteiger partial charge in [-0.05, 0) is 39.0 Å². The minimum Gasteiger partial charge on any atom is -0.341 e. The average Bonchev–Trinajstić information content (AvgIpc) is 2.95. The lowest BCUT2D eigenvalue weighted by atomic mass is 9.92. The normalized spacial score (nSPS) is 37.8. The summed E-state index contributed by atoms with van der Waals surface area (Å²) in [6.45, 7) is 5.67. The number of carbonyl (C=O) groups excluding carboxylic acids is 2. The first-order chi connectivity index (χ1) is 9.92. The molecule has 0 spiro atoms. The van der Waals surface area contributed by atoms with Crippen LogP contribution in [0.3, 0.4) is 0 Å². The molecule has 0 radical (unpaired) electrons. The molecular weight excluding hydrogens is 286 g/mol. The topological polar surface area (TPSA) is 66.6 Å². The lowest BCUT2D eigenvalue weighted by Gasteiger charge is -2.38. The zero-order chi connectivity index (χ0) is 15.2. The van der Waals surface area contributed by atoms with Crippen LogP contribution < -0.4 is 5.73 Å². The summed E-state index contributed by atoms with van der Waals surface area (Å²) >= 11 is 1.76. The number of hydrogen-bond donors (Lipinski definition) is 1. The Bertz CT molecular complexity index is 456. The van der Waals surface area contributed by atoms with E-state index in [4.69, 9.17) is 5.73 Å². The van der Waals surface area contributed by atoms with Crippen LogP contribution in [0.4, 0.5) is 0 Å². The number of nitrogens with zero attached hydrogens (tertiary/aromatic N) is 2. The molecule has 3 heterocycles. The number of fused-ring (bicyclic) bond motifs is 1. The Labute approximate surface area is 130 Å². The van der Waals surface area contributed by atoms with Crippen LogP contribution in [0.25, 0.3) is 0 Å². The van der Waals surface area contributed by atoms with Gasteiger partial charge >= 0.3 is 0 Å². The van der Waals surface area contributed by atoms with Crippen LogP contribution in [0.1, 0.15) is 39.5 Å². The minimum atomic E-state index is -0.262. The Hall–Kier alpha value is -0.750. The highest BCUT2D eigenvalue weighted by Gasteiger charge is 2.53. The Morgan fingerprint density at radius 1 is 1.52 bits per heavy atom. The molecule has 0 bridgehead atoms. The molecule has 118 valence electrons. The Kier molecular flexibility index (Phi) is 3.94. The van der Waals surface area contributed by atoms with Gasteiger partial charge in [-0.1, -0.05) is 0 Å². The molecule has 3 aliphatic heterocycles. The van der Waals surface area contributed by atoms with Crippen LogP contribution in [-0.4, -0.2) is 57.4 Å². The van der Waals surface area contributed by atoms with Crippen molar-refractivity contribution in [1.29, 1.82) is 0 Å². The van der Waals surface area contributed by atoms with Gasteiger partial charge in [-0.25, -0.2) is 0 Å². The van der Waals surface area contributed by atoms with Gasteiger partial charge in [-0.2, -0.15) is 0 Å². The van der Waals surface area contributed by atoms with E-state index in [0.29, 0.717) is 12.3 Å². The largest absolute Gasteiger partial charge is 0.341 e. The van der Waals surface area contributed by atoms with E-state index in [1.807, 2.05) is 16.7 Å². The molecule has 21 heavy (non-hydrogen) atoms. The van der Waals surface area contributed by atoms with Crippen molar-refractivity contribution >= 4 is 23.6 Å². The summed E-state index contributed by atoms with van der Waals surface area (Å²) < 4.78 is 0. The second-order valence-corrected chi connectivity index (χ2v) is 8.31. The molecule has 4 unspecified atom stereocenters. The maximum absolute atomic E-state index is 12.9. The highest BCUT2D eigenvalue weighted by molar-refractivity contribution is 8.01. The van der Waals surface area contributed by atoms with Crippen molar-refractivity contribution in [2.75, 3.05) is 18.8 Å². The number of thioether (sulfide) groups is 1. The number of carbonyl (C=O) groups is 2. The first kappa shape index (κ1) is 15.2. The zero-order valence-corrected chi connectivity index (χ0v) is 13.7. The van der Waals surface area contributed by atoms with Gasteiger partial charge in [-0.3, -0.25) is 9.59 Å². The molecule has 3 rings (SSSR count). The van der Waals surface area contributed by atoms with Crippen molar-refractivity contribution in [3.63, 3.8) is 0 Å². The average molecular weight is 311 g/mol. The maximum atomic E-state index is 12.9. The number of amides is 2. The highest BCUT2D eigenvalue weighted by Crippen LogP contribution is 2.47. The molecule has 3 aliphatic rings. The third-order valence-corrected chi connectivity index (χ3v) is 6.75. The van der Waals surface area contributed by atoms with Crippen molar-refractivity contribution in [1.82, 2.24) is 9.80 Å². The van der Waals surface area contributed by atoms with Crippen molar-refractivity contribution < 1.29 is 9.59 Å². The maximum Gasteiger partial charge on any atom is 0.246 e. The fraction of sp³-hybridized carbons (Fsp3) is 0.867. The molecule has 2 amide bonds. The van der Waals surface area contributed by atoms with Crippen LogP contribution >= 0.6 is 11.8 Å². The highest BCUT2D eigenvalue weighted by atomic mass is 32.2. The van der Waals surface area contributed by atoms with Gasteiger partial charge in [-0.15, -0.1) is 11.8 Å². The number of likely N-dealkylation sites (tertiary alicyclic amines) is 1. The standard InChI is InChI=1S/C15H25N3O2S/c1-10(16)11-4-3-7-17(8-11)14(20)12-9-21-15(2)6-5-13(19)18(12)15/h10-12H,3-9,16H2,1-2H3. The number of rotatable bonds is 2. The molecule has 0 aliphatic carbocycles. The lowest BCUT2D eigenvalue weighted by Crippen LogP contribution is -2.54. The summed E-state index contributed by atoms with van der Waals surface area (Å²) in [6.07, 6.45) is 3.56. The van der Waals surface area contributed by atoms with E-state index in [1.165, 1.54) is 0 Å². The predicted molar refractivity (Wildman–Crippen MR) is 83.7 cm³/mol.